The summed E-state index contributed by atoms with van der Waals surface area (Å²) in [5.41, 5.74) is 0. The van der Waals surface area contributed by atoms with E-state index in [0.29, 0.717) is 48.7 Å². The molecule has 0 spiro atoms. The summed E-state index contributed by atoms with van der Waals surface area (Å²) in [6.07, 6.45) is 0. The Morgan fingerprint density at radius 2 is 1.07 bits per heavy atom. The number of hydrogen-bond donors (Lipinski definition) is 0. The van der Waals surface area contributed by atoms with E-state index < -0.39 is 17.6 Å². The zero-order chi connectivity index (χ0) is 21.0. The molecule has 0 aliphatic carbocycles. The Labute approximate surface area is 178 Å². The number of rotatable bonds is 15. The second kappa shape index (κ2) is 13.2. The first-order valence-corrected chi connectivity index (χ1v) is 15.9. The van der Waals surface area contributed by atoms with Gasteiger partial charge in [-0.25, -0.2) is 0 Å². The van der Waals surface area contributed by atoms with Gasteiger partial charge in [0.25, 0.3) is 0 Å². The highest BCUT2D eigenvalue weighted by Gasteiger charge is 2.47. The van der Waals surface area contributed by atoms with Crippen molar-refractivity contribution in [3.05, 3.63) is 18.2 Å². The van der Waals surface area contributed by atoms with E-state index in [4.69, 9.17) is 26.6 Å². The van der Waals surface area contributed by atoms with Gasteiger partial charge < -0.3 is 26.6 Å². The van der Waals surface area contributed by atoms with E-state index in [1.54, 1.807) is 0 Å². The zero-order valence-electron chi connectivity index (χ0n) is 17.9. The molecule has 1 aromatic carbocycles. The van der Waals surface area contributed by atoms with Gasteiger partial charge in [-0.05, 0) is 41.5 Å². The standard InChI is InChI=1S/C18H33O6Si4/c1-7-19-27(20-8-2,21-9-3)16-13-14-18(17(15-16)26-25)28(22-10-4,23-11-5)24-12-6/h13-15H,7-12H2,1-6H3. The fourth-order valence-electron chi connectivity index (χ4n) is 2.98. The van der Waals surface area contributed by atoms with Crippen LogP contribution in [0.4, 0.5) is 0 Å². The van der Waals surface area contributed by atoms with Gasteiger partial charge in [-0.1, -0.05) is 23.4 Å². The molecule has 0 aromatic heterocycles. The van der Waals surface area contributed by atoms with E-state index >= 15 is 0 Å². The minimum atomic E-state index is -3.01. The average Bonchev–Trinajstić information content (AvgIpc) is 2.68. The molecule has 5 radical (unpaired) electrons. The number of benzene rings is 1. The summed E-state index contributed by atoms with van der Waals surface area (Å²) in [4.78, 5) is 0. The lowest BCUT2D eigenvalue weighted by Crippen LogP contribution is -2.64. The van der Waals surface area contributed by atoms with Crippen molar-refractivity contribution in [2.24, 2.45) is 0 Å². The Hall–Kier alpha value is -0.152. The van der Waals surface area contributed by atoms with Crippen LogP contribution in [0.25, 0.3) is 0 Å². The lowest BCUT2D eigenvalue weighted by molar-refractivity contribution is 0.0846. The second-order valence-corrected chi connectivity index (χ2v) is 12.2. The molecule has 0 bridgehead atoms. The molecule has 0 atom stereocenters. The molecule has 0 saturated heterocycles. The Balaban J connectivity index is 3.53. The molecule has 0 amide bonds. The Morgan fingerprint density at radius 3 is 1.43 bits per heavy atom. The maximum absolute atomic E-state index is 6.10. The van der Waals surface area contributed by atoms with Crippen molar-refractivity contribution in [2.75, 3.05) is 39.6 Å². The number of hydrogen-bond acceptors (Lipinski definition) is 6. The van der Waals surface area contributed by atoms with E-state index in [2.05, 4.69) is 15.8 Å². The van der Waals surface area contributed by atoms with E-state index in [9.17, 15) is 0 Å². The van der Waals surface area contributed by atoms with Crippen LogP contribution in [0.2, 0.25) is 0 Å². The molecule has 157 valence electrons. The molecule has 0 saturated carbocycles. The third-order valence-corrected chi connectivity index (χ3v) is 11.7. The summed E-state index contributed by atoms with van der Waals surface area (Å²) in [6, 6.07) is 6.13. The van der Waals surface area contributed by atoms with Crippen LogP contribution in [0.3, 0.4) is 0 Å². The zero-order valence-corrected chi connectivity index (χ0v) is 21.9. The maximum Gasteiger partial charge on any atom is 0.537 e. The van der Waals surface area contributed by atoms with Gasteiger partial charge in [0.1, 0.15) is 0 Å². The van der Waals surface area contributed by atoms with E-state index in [1.165, 1.54) is 0 Å². The molecule has 6 nitrogen and oxygen atoms in total. The van der Waals surface area contributed by atoms with E-state index in [1.807, 2.05) is 53.7 Å². The minimum absolute atomic E-state index is 0.353. The van der Waals surface area contributed by atoms with E-state index in [0.717, 1.165) is 15.6 Å². The van der Waals surface area contributed by atoms with Crippen LogP contribution >= 0.6 is 0 Å². The summed E-state index contributed by atoms with van der Waals surface area (Å²) in [6.45, 7) is 14.9. The van der Waals surface area contributed by atoms with Gasteiger partial charge in [0.05, 0.1) is 9.04 Å². The summed E-state index contributed by atoms with van der Waals surface area (Å²) < 4.78 is 36.5. The van der Waals surface area contributed by atoms with Crippen molar-refractivity contribution in [3.63, 3.8) is 0 Å². The lowest BCUT2D eigenvalue weighted by Gasteiger charge is -2.32. The van der Waals surface area contributed by atoms with E-state index in [-0.39, 0.29) is 0 Å². The summed E-state index contributed by atoms with van der Waals surface area (Å²) in [7, 11) is -1.93. The first-order valence-electron chi connectivity index (χ1n) is 9.94. The molecule has 10 heteroatoms. The molecule has 0 aliphatic rings. The third kappa shape index (κ3) is 6.17. The molecule has 0 aliphatic heterocycles. The molecular formula is C18H33O6Si4. The van der Waals surface area contributed by atoms with Gasteiger partial charge in [-0.3, -0.25) is 0 Å². The fraction of sp³-hybridized carbons (Fsp3) is 0.667. The minimum Gasteiger partial charge on any atom is -0.370 e. The summed E-state index contributed by atoms with van der Waals surface area (Å²) in [5, 5.41) is 2.98. The molecule has 0 fully saturated rings. The topological polar surface area (TPSA) is 55.4 Å². The van der Waals surface area contributed by atoms with Gasteiger partial charge >= 0.3 is 17.6 Å². The Bertz CT molecular complexity index is 541. The fourth-order valence-corrected chi connectivity index (χ4v) is 10.3. The second-order valence-electron chi connectivity index (χ2n) is 5.60. The van der Waals surface area contributed by atoms with Crippen molar-refractivity contribution >= 4 is 52.0 Å². The van der Waals surface area contributed by atoms with Gasteiger partial charge in [0, 0.05) is 59.8 Å². The molecule has 0 heterocycles. The third-order valence-electron chi connectivity index (χ3n) is 3.84. The van der Waals surface area contributed by atoms with Crippen LogP contribution in [0.15, 0.2) is 18.2 Å². The predicted molar refractivity (Wildman–Crippen MR) is 118 cm³/mol. The van der Waals surface area contributed by atoms with Gasteiger partial charge in [-0.15, -0.1) is 0 Å². The normalized spacial score (nSPS) is 12.5. The SMILES string of the molecule is CCO[Si](OCC)(OCC)c1ccc([Si](OCC)(OCC)OCC)c([Si][Si])c1. The van der Waals surface area contributed by atoms with Crippen LogP contribution in [0.5, 0.6) is 0 Å². The van der Waals surface area contributed by atoms with Crippen LogP contribution in [0.1, 0.15) is 41.5 Å². The molecule has 1 rings (SSSR count). The Morgan fingerprint density at radius 1 is 0.679 bits per heavy atom. The lowest BCUT2D eigenvalue weighted by atomic mass is 10.3. The molecule has 28 heavy (non-hydrogen) atoms. The summed E-state index contributed by atoms with van der Waals surface area (Å²) in [5.74, 6) is 0. The van der Waals surface area contributed by atoms with Crippen molar-refractivity contribution in [1.82, 2.24) is 0 Å². The largest absolute Gasteiger partial charge is 0.537 e. The highest BCUT2D eigenvalue weighted by atomic mass is 29.1. The molecule has 0 N–H and O–H groups in total. The first kappa shape index (κ1) is 25.9. The van der Waals surface area contributed by atoms with Gasteiger partial charge in [0.2, 0.25) is 0 Å². The van der Waals surface area contributed by atoms with Crippen molar-refractivity contribution in [3.8, 4) is 0 Å². The van der Waals surface area contributed by atoms with Crippen LogP contribution in [-0.2, 0) is 26.6 Å². The van der Waals surface area contributed by atoms with Crippen LogP contribution in [-0.4, -0.2) is 76.0 Å². The highest BCUT2D eigenvalue weighted by Crippen LogP contribution is 2.13. The maximum atomic E-state index is 6.10. The first-order chi connectivity index (χ1) is 13.5. The predicted octanol–water partition coefficient (Wildman–Crippen LogP) is 0.610. The molecule has 1 aromatic rings. The van der Waals surface area contributed by atoms with Crippen LogP contribution < -0.4 is 15.6 Å². The van der Waals surface area contributed by atoms with Gasteiger partial charge in [0.15, 0.2) is 0 Å². The monoisotopic (exact) mass is 457 g/mol. The molecule has 0 unspecified atom stereocenters. The summed E-state index contributed by atoms with van der Waals surface area (Å²) >= 11 is 0. The van der Waals surface area contributed by atoms with Crippen molar-refractivity contribution in [2.45, 2.75) is 41.5 Å². The highest BCUT2D eigenvalue weighted by molar-refractivity contribution is 7.00. The average molecular weight is 458 g/mol. The quantitative estimate of drug-likeness (QED) is 0.360. The van der Waals surface area contributed by atoms with Crippen LogP contribution in [0, 0.1) is 0 Å². The molecular weight excluding hydrogens is 425 g/mol. The van der Waals surface area contributed by atoms with Crippen molar-refractivity contribution in [1.29, 1.82) is 0 Å². The smallest absolute Gasteiger partial charge is 0.370 e. The van der Waals surface area contributed by atoms with Gasteiger partial charge in [-0.2, -0.15) is 0 Å². The Kier molecular flexibility index (Phi) is 12.2. The van der Waals surface area contributed by atoms with Crippen molar-refractivity contribution < 1.29 is 26.6 Å².